The molecule has 168 valence electrons. The summed E-state index contributed by atoms with van der Waals surface area (Å²) in [6.45, 7) is 7.58. The van der Waals surface area contributed by atoms with Crippen molar-refractivity contribution in [1.29, 1.82) is 0 Å². The molecule has 1 N–H and O–H groups in total. The van der Waals surface area contributed by atoms with Gasteiger partial charge in [-0.3, -0.25) is 9.59 Å². The van der Waals surface area contributed by atoms with Gasteiger partial charge in [-0.1, -0.05) is 51.1 Å². The van der Waals surface area contributed by atoms with E-state index in [4.69, 9.17) is 4.74 Å². The zero-order chi connectivity index (χ0) is 22.9. The van der Waals surface area contributed by atoms with Crippen molar-refractivity contribution in [2.75, 3.05) is 13.7 Å². The van der Waals surface area contributed by atoms with Crippen LogP contribution in [0.5, 0.6) is 5.75 Å². The molecule has 5 nitrogen and oxygen atoms in total. The zero-order valence-electron chi connectivity index (χ0n) is 19.4. The minimum absolute atomic E-state index is 0.114. The fraction of sp³-hybridized carbons (Fsp3) is 0.407. The molecule has 0 aromatic heterocycles. The van der Waals surface area contributed by atoms with Crippen molar-refractivity contribution >= 4 is 17.9 Å². The maximum atomic E-state index is 13.8. The van der Waals surface area contributed by atoms with Gasteiger partial charge >= 0.3 is 0 Å². The zero-order valence-corrected chi connectivity index (χ0v) is 19.4. The average molecular weight is 433 g/mol. The summed E-state index contributed by atoms with van der Waals surface area (Å²) in [6, 6.07) is 16.6. The van der Waals surface area contributed by atoms with E-state index in [0.717, 1.165) is 37.1 Å². The van der Waals surface area contributed by atoms with Crippen molar-refractivity contribution in [2.24, 2.45) is 10.8 Å². The molecule has 2 fully saturated rings. The lowest BCUT2D eigenvalue weighted by molar-refractivity contribution is -0.128. The van der Waals surface area contributed by atoms with Crippen molar-refractivity contribution in [1.82, 2.24) is 10.2 Å². The van der Waals surface area contributed by atoms with E-state index in [1.165, 1.54) is 0 Å². The van der Waals surface area contributed by atoms with Crippen molar-refractivity contribution < 1.29 is 14.3 Å². The fourth-order valence-corrected chi connectivity index (χ4v) is 5.65. The van der Waals surface area contributed by atoms with Crippen LogP contribution >= 0.6 is 0 Å². The van der Waals surface area contributed by atoms with Crippen LogP contribution in [0, 0.1) is 10.8 Å². The van der Waals surface area contributed by atoms with Gasteiger partial charge in [-0.2, -0.15) is 0 Å². The fourth-order valence-electron chi connectivity index (χ4n) is 5.65. The Morgan fingerprint density at radius 2 is 1.72 bits per heavy atom. The summed E-state index contributed by atoms with van der Waals surface area (Å²) in [4.78, 5) is 28.7. The first-order chi connectivity index (χ1) is 15.2. The molecule has 2 aliphatic rings. The van der Waals surface area contributed by atoms with Gasteiger partial charge in [-0.25, -0.2) is 0 Å². The molecule has 1 aliphatic heterocycles. The molecular formula is C27H32N2O3. The molecule has 5 heteroatoms. The maximum absolute atomic E-state index is 13.8. The summed E-state index contributed by atoms with van der Waals surface area (Å²) >= 11 is 0. The Hall–Kier alpha value is -3.08. The van der Waals surface area contributed by atoms with Crippen LogP contribution in [0.1, 0.15) is 56.0 Å². The van der Waals surface area contributed by atoms with Gasteiger partial charge in [0.15, 0.2) is 0 Å². The predicted molar refractivity (Wildman–Crippen MR) is 126 cm³/mol. The molecule has 1 heterocycles. The highest BCUT2D eigenvalue weighted by Gasteiger charge is 2.51. The summed E-state index contributed by atoms with van der Waals surface area (Å²) in [5, 5.41) is 2.90. The van der Waals surface area contributed by atoms with Crippen LogP contribution in [-0.2, 0) is 4.79 Å². The topological polar surface area (TPSA) is 58.6 Å². The smallest absolute Gasteiger partial charge is 0.270 e. The molecule has 2 atom stereocenters. The summed E-state index contributed by atoms with van der Waals surface area (Å²) in [7, 11) is 1.62. The highest BCUT2D eigenvalue weighted by molar-refractivity contribution is 6.05. The normalized spacial score (nSPS) is 24.2. The monoisotopic (exact) mass is 432 g/mol. The van der Waals surface area contributed by atoms with E-state index in [2.05, 4.69) is 26.1 Å². The van der Waals surface area contributed by atoms with Crippen LogP contribution in [0.3, 0.4) is 0 Å². The summed E-state index contributed by atoms with van der Waals surface area (Å²) in [5.41, 5.74) is 1.99. The van der Waals surface area contributed by atoms with Crippen LogP contribution < -0.4 is 10.1 Å². The summed E-state index contributed by atoms with van der Waals surface area (Å²) in [5.74, 6) is 0.343. The Morgan fingerprint density at radius 3 is 2.38 bits per heavy atom. The van der Waals surface area contributed by atoms with Crippen molar-refractivity contribution in [3.63, 3.8) is 0 Å². The molecule has 4 rings (SSSR count). The molecule has 1 saturated carbocycles. The number of carbonyl (C=O) groups is 2. The quantitative estimate of drug-likeness (QED) is 0.684. The van der Waals surface area contributed by atoms with Crippen molar-refractivity contribution in [3.8, 4) is 5.75 Å². The van der Waals surface area contributed by atoms with Crippen LogP contribution in [-0.4, -0.2) is 36.4 Å². The van der Waals surface area contributed by atoms with Crippen LogP contribution in [0.25, 0.3) is 6.08 Å². The van der Waals surface area contributed by atoms with Crippen LogP contribution in [0.2, 0.25) is 0 Å². The second-order valence-corrected chi connectivity index (χ2v) is 10.3. The molecule has 0 unspecified atom stereocenters. The van der Waals surface area contributed by atoms with E-state index in [9.17, 15) is 9.59 Å². The average Bonchev–Trinajstić information content (AvgIpc) is 3.02. The van der Waals surface area contributed by atoms with Gasteiger partial charge in [0.25, 0.3) is 11.8 Å². The van der Waals surface area contributed by atoms with Gasteiger partial charge in [0.1, 0.15) is 11.4 Å². The first kappa shape index (κ1) is 22.1. The molecule has 0 spiro atoms. The van der Waals surface area contributed by atoms with Crippen molar-refractivity contribution in [2.45, 2.75) is 46.1 Å². The Kier molecular flexibility index (Phi) is 5.85. The van der Waals surface area contributed by atoms with Crippen LogP contribution in [0.15, 0.2) is 60.3 Å². The molecule has 32 heavy (non-hydrogen) atoms. The number of fused-ring (bicyclic) bond motifs is 2. The Bertz CT molecular complexity index is 1030. The number of hydrogen-bond acceptors (Lipinski definition) is 3. The minimum Gasteiger partial charge on any atom is -0.497 e. The van der Waals surface area contributed by atoms with Gasteiger partial charge in [0, 0.05) is 18.2 Å². The number of likely N-dealkylation sites (tertiary alicyclic amines) is 1. The number of ether oxygens (including phenoxy) is 1. The SMILES string of the molecule is COc1ccc(C=C(NC(=O)c2ccccc2)C(=O)N2C[C@]3(C)C[C@H]2CC(C)(C)C3)cc1. The third-order valence-corrected chi connectivity index (χ3v) is 6.62. The number of nitrogens with one attached hydrogen (secondary N) is 1. The largest absolute Gasteiger partial charge is 0.497 e. The van der Waals surface area contributed by atoms with Gasteiger partial charge in [-0.05, 0) is 66.0 Å². The van der Waals surface area contributed by atoms with Crippen LogP contribution in [0.4, 0.5) is 0 Å². The van der Waals surface area contributed by atoms with Gasteiger partial charge in [0.05, 0.1) is 7.11 Å². The summed E-state index contributed by atoms with van der Waals surface area (Å²) in [6.07, 6.45) is 4.87. The second kappa shape index (κ2) is 8.45. The van der Waals surface area contributed by atoms with E-state index in [-0.39, 0.29) is 28.7 Å². The van der Waals surface area contributed by atoms with Crippen molar-refractivity contribution in [3.05, 3.63) is 71.4 Å². The second-order valence-electron chi connectivity index (χ2n) is 10.3. The molecule has 2 amide bonds. The molecule has 2 bridgehead atoms. The van der Waals surface area contributed by atoms with E-state index in [0.29, 0.717) is 11.3 Å². The molecule has 2 aromatic rings. The Morgan fingerprint density at radius 1 is 1.03 bits per heavy atom. The van der Waals surface area contributed by atoms with E-state index < -0.39 is 0 Å². The standard InChI is InChI=1S/C27H32N2O3/c1-26(2)15-21-16-27(3,17-26)18-29(21)25(31)23(14-19-10-12-22(32-4)13-11-19)28-24(30)20-8-6-5-7-9-20/h5-14,21H,15-18H2,1-4H3,(H,28,30)/t21-,27-/m1/s1. The number of nitrogens with zero attached hydrogens (tertiary/aromatic N) is 1. The lowest BCUT2D eigenvalue weighted by Crippen LogP contribution is -2.42. The van der Waals surface area contributed by atoms with Gasteiger partial charge < -0.3 is 15.0 Å². The molecule has 2 aromatic carbocycles. The van der Waals surface area contributed by atoms with Gasteiger partial charge in [-0.15, -0.1) is 0 Å². The minimum atomic E-state index is -0.285. The highest BCUT2D eigenvalue weighted by Crippen LogP contribution is 2.52. The number of amides is 2. The molecule has 1 aliphatic carbocycles. The van der Waals surface area contributed by atoms with E-state index in [1.807, 2.05) is 47.4 Å². The number of rotatable bonds is 5. The molecule has 1 saturated heterocycles. The lowest BCUT2D eigenvalue weighted by Gasteiger charge is -2.39. The molecular weight excluding hydrogens is 400 g/mol. The maximum Gasteiger partial charge on any atom is 0.270 e. The number of hydrogen-bond donors (Lipinski definition) is 1. The first-order valence-corrected chi connectivity index (χ1v) is 11.2. The Labute approximate surface area is 190 Å². The lowest BCUT2D eigenvalue weighted by atomic mass is 9.65. The third-order valence-electron chi connectivity index (χ3n) is 6.62. The third kappa shape index (κ3) is 4.72. The first-order valence-electron chi connectivity index (χ1n) is 11.2. The number of carbonyl (C=O) groups excluding carboxylic acids is 2. The van der Waals surface area contributed by atoms with Gasteiger partial charge in [0.2, 0.25) is 0 Å². The predicted octanol–water partition coefficient (Wildman–Crippen LogP) is 4.89. The highest BCUT2D eigenvalue weighted by atomic mass is 16.5. The number of methoxy groups -OCH3 is 1. The summed E-state index contributed by atoms with van der Waals surface area (Å²) < 4.78 is 5.24. The van der Waals surface area contributed by atoms with E-state index in [1.54, 1.807) is 25.3 Å². The van der Waals surface area contributed by atoms with E-state index >= 15 is 0 Å². The Balaban J connectivity index is 1.64. The number of benzene rings is 2. The molecule has 0 radical (unpaired) electrons.